The number of hydrogen-bond acceptors (Lipinski definition) is 4. The van der Waals surface area contributed by atoms with Crippen LogP contribution in [0.2, 0.25) is 0 Å². The number of aryl methyl sites for hydroxylation is 1. The molecule has 1 aromatic heterocycles. The zero-order valence-corrected chi connectivity index (χ0v) is 14.5. The SMILES string of the molecule is Cn1nncc1CN1CCC[C@@H]1[C@H]1CCCN1Cc1ccccc1. The third kappa shape index (κ3) is 3.23. The maximum atomic E-state index is 4.08. The summed E-state index contributed by atoms with van der Waals surface area (Å²) in [5.41, 5.74) is 2.65. The van der Waals surface area contributed by atoms with Gasteiger partial charge in [-0.3, -0.25) is 14.5 Å². The maximum Gasteiger partial charge on any atom is 0.0738 e. The van der Waals surface area contributed by atoms with Crippen molar-refractivity contribution in [2.75, 3.05) is 13.1 Å². The second kappa shape index (κ2) is 7.03. The largest absolute Gasteiger partial charge is 0.295 e. The average Bonchev–Trinajstić information content (AvgIpc) is 3.31. The highest BCUT2D eigenvalue weighted by atomic mass is 15.4. The molecule has 128 valence electrons. The summed E-state index contributed by atoms with van der Waals surface area (Å²) < 4.78 is 1.91. The highest BCUT2D eigenvalue weighted by Gasteiger charge is 2.37. The first-order valence-corrected chi connectivity index (χ1v) is 9.17. The molecule has 0 N–H and O–H groups in total. The third-order valence-corrected chi connectivity index (χ3v) is 5.67. The van der Waals surface area contributed by atoms with Gasteiger partial charge in [0.25, 0.3) is 0 Å². The number of aromatic nitrogens is 3. The minimum atomic E-state index is 0.672. The molecule has 0 unspecified atom stereocenters. The molecular weight excluding hydrogens is 298 g/mol. The van der Waals surface area contributed by atoms with Crippen molar-refractivity contribution in [1.29, 1.82) is 0 Å². The zero-order chi connectivity index (χ0) is 16.4. The first kappa shape index (κ1) is 15.8. The van der Waals surface area contributed by atoms with Gasteiger partial charge in [-0.25, -0.2) is 0 Å². The van der Waals surface area contributed by atoms with Crippen LogP contribution in [-0.4, -0.2) is 50.0 Å². The molecule has 0 spiro atoms. The lowest BCUT2D eigenvalue weighted by Crippen LogP contribution is -2.45. The fourth-order valence-corrected chi connectivity index (χ4v) is 4.45. The summed E-state index contributed by atoms with van der Waals surface area (Å²) in [5, 5.41) is 8.11. The van der Waals surface area contributed by atoms with Gasteiger partial charge in [0.1, 0.15) is 0 Å². The molecule has 2 aliphatic heterocycles. The molecule has 0 aliphatic carbocycles. The van der Waals surface area contributed by atoms with Gasteiger partial charge in [-0.05, 0) is 44.3 Å². The minimum Gasteiger partial charge on any atom is -0.295 e. The van der Waals surface area contributed by atoms with E-state index in [1.165, 1.54) is 50.0 Å². The highest BCUT2D eigenvalue weighted by molar-refractivity contribution is 5.15. The van der Waals surface area contributed by atoms with Crippen molar-refractivity contribution in [1.82, 2.24) is 24.8 Å². The summed E-state index contributed by atoms with van der Waals surface area (Å²) in [5.74, 6) is 0. The summed E-state index contributed by atoms with van der Waals surface area (Å²) in [6.07, 6.45) is 7.20. The van der Waals surface area contributed by atoms with Crippen molar-refractivity contribution in [2.24, 2.45) is 7.05 Å². The molecule has 24 heavy (non-hydrogen) atoms. The van der Waals surface area contributed by atoms with E-state index < -0.39 is 0 Å². The fourth-order valence-electron chi connectivity index (χ4n) is 4.45. The van der Waals surface area contributed by atoms with Crippen molar-refractivity contribution in [3.8, 4) is 0 Å². The van der Waals surface area contributed by atoms with Crippen molar-refractivity contribution in [3.63, 3.8) is 0 Å². The number of rotatable bonds is 5. The first-order chi connectivity index (χ1) is 11.8. The molecule has 1 aromatic carbocycles. The van der Waals surface area contributed by atoms with Crippen LogP contribution in [0.1, 0.15) is 36.9 Å². The minimum absolute atomic E-state index is 0.672. The van der Waals surface area contributed by atoms with E-state index in [4.69, 9.17) is 0 Å². The Bertz CT molecular complexity index is 653. The van der Waals surface area contributed by atoms with Crippen LogP contribution in [-0.2, 0) is 20.1 Å². The first-order valence-electron chi connectivity index (χ1n) is 9.17. The van der Waals surface area contributed by atoms with Crippen LogP contribution in [0.15, 0.2) is 36.5 Å². The Labute approximate surface area is 144 Å². The molecule has 2 fully saturated rings. The van der Waals surface area contributed by atoms with Gasteiger partial charge < -0.3 is 0 Å². The van der Waals surface area contributed by atoms with Gasteiger partial charge in [-0.15, -0.1) is 5.10 Å². The van der Waals surface area contributed by atoms with Crippen molar-refractivity contribution in [2.45, 2.75) is 50.9 Å². The summed E-state index contributed by atoms with van der Waals surface area (Å²) in [6.45, 7) is 4.50. The third-order valence-electron chi connectivity index (χ3n) is 5.67. The van der Waals surface area contributed by atoms with Crippen molar-refractivity contribution >= 4 is 0 Å². The summed E-state index contributed by atoms with van der Waals surface area (Å²) in [4.78, 5) is 5.37. The molecule has 0 bridgehead atoms. The Kier molecular flexibility index (Phi) is 4.63. The van der Waals surface area contributed by atoms with E-state index in [1.807, 2.05) is 17.9 Å². The van der Waals surface area contributed by atoms with E-state index >= 15 is 0 Å². The normalized spacial score (nSPS) is 25.5. The van der Waals surface area contributed by atoms with Gasteiger partial charge in [-0.2, -0.15) is 0 Å². The van der Waals surface area contributed by atoms with Crippen LogP contribution < -0.4 is 0 Å². The monoisotopic (exact) mass is 325 g/mol. The second-order valence-corrected chi connectivity index (χ2v) is 7.19. The Morgan fingerprint density at radius 2 is 1.62 bits per heavy atom. The smallest absolute Gasteiger partial charge is 0.0738 e. The van der Waals surface area contributed by atoms with E-state index in [1.54, 1.807) is 0 Å². The van der Waals surface area contributed by atoms with Gasteiger partial charge in [0.15, 0.2) is 0 Å². The van der Waals surface area contributed by atoms with Crippen LogP contribution in [0.4, 0.5) is 0 Å². The van der Waals surface area contributed by atoms with Crippen LogP contribution in [0.5, 0.6) is 0 Å². The van der Waals surface area contributed by atoms with Gasteiger partial charge in [0.05, 0.1) is 11.9 Å². The average molecular weight is 325 g/mol. The molecule has 5 nitrogen and oxygen atoms in total. The lowest BCUT2D eigenvalue weighted by atomic mass is 10.0. The second-order valence-electron chi connectivity index (χ2n) is 7.19. The summed E-state index contributed by atoms with van der Waals surface area (Å²) in [7, 11) is 1.99. The molecule has 2 saturated heterocycles. The lowest BCUT2D eigenvalue weighted by Gasteiger charge is -2.35. The van der Waals surface area contributed by atoms with E-state index in [0.29, 0.717) is 12.1 Å². The molecule has 0 amide bonds. The van der Waals surface area contributed by atoms with Gasteiger partial charge in [0, 0.05) is 32.2 Å². The van der Waals surface area contributed by atoms with Gasteiger partial charge >= 0.3 is 0 Å². The number of benzene rings is 1. The van der Waals surface area contributed by atoms with E-state index in [0.717, 1.165) is 13.1 Å². The van der Waals surface area contributed by atoms with Gasteiger partial charge in [-0.1, -0.05) is 35.5 Å². The maximum absolute atomic E-state index is 4.08. The molecule has 2 aliphatic rings. The molecule has 3 heterocycles. The molecule has 5 heteroatoms. The number of nitrogens with zero attached hydrogens (tertiary/aromatic N) is 5. The number of hydrogen-bond donors (Lipinski definition) is 0. The highest BCUT2D eigenvalue weighted by Crippen LogP contribution is 2.31. The Balaban J connectivity index is 1.45. The van der Waals surface area contributed by atoms with Gasteiger partial charge in [0.2, 0.25) is 0 Å². The van der Waals surface area contributed by atoms with Crippen molar-refractivity contribution in [3.05, 3.63) is 47.8 Å². The predicted octanol–water partition coefficient (Wildman–Crippen LogP) is 2.44. The van der Waals surface area contributed by atoms with E-state index in [-0.39, 0.29) is 0 Å². The molecular formula is C19H27N5. The van der Waals surface area contributed by atoms with Crippen molar-refractivity contribution < 1.29 is 0 Å². The lowest BCUT2D eigenvalue weighted by molar-refractivity contribution is 0.122. The topological polar surface area (TPSA) is 37.2 Å². The van der Waals surface area contributed by atoms with Crippen LogP contribution in [0.3, 0.4) is 0 Å². The molecule has 0 radical (unpaired) electrons. The molecule has 2 atom stereocenters. The molecule has 4 rings (SSSR count). The predicted molar refractivity (Wildman–Crippen MR) is 94.3 cm³/mol. The Morgan fingerprint density at radius 3 is 2.25 bits per heavy atom. The molecule has 0 saturated carbocycles. The summed E-state index contributed by atoms with van der Waals surface area (Å²) in [6, 6.07) is 12.3. The van der Waals surface area contributed by atoms with E-state index in [2.05, 4.69) is 50.4 Å². The van der Waals surface area contributed by atoms with Crippen LogP contribution in [0.25, 0.3) is 0 Å². The zero-order valence-electron chi connectivity index (χ0n) is 14.5. The summed E-state index contributed by atoms with van der Waals surface area (Å²) >= 11 is 0. The fraction of sp³-hybridized carbons (Fsp3) is 0.579. The molecule has 2 aromatic rings. The Hall–Kier alpha value is -1.72. The van der Waals surface area contributed by atoms with Crippen LogP contribution in [0, 0.1) is 0 Å². The standard InChI is InChI=1S/C19H27N5/c1-22-17(13-20-21-22)15-24-12-6-10-19(24)18-9-5-11-23(18)14-16-7-3-2-4-8-16/h2-4,7-8,13,18-19H,5-6,9-12,14-15H2,1H3/t18-,19-/m1/s1. The number of likely N-dealkylation sites (tertiary alicyclic amines) is 2. The van der Waals surface area contributed by atoms with E-state index in [9.17, 15) is 0 Å². The quantitative estimate of drug-likeness (QED) is 0.846. The Morgan fingerprint density at radius 1 is 0.958 bits per heavy atom. The van der Waals surface area contributed by atoms with Crippen LogP contribution >= 0.6 is 0 Å².